The molecule has 1 aromatic heterocycles. The van der Waals surface area contributed by atoms with E-state index in [-0.39, 0.29) is 5.92 Å². The third-order valence-electron chi connectivity index (χ3n) is 5.39. The van der Waals surface area contributed by atoms with Crippen LogP contribution < -0.4 is 0 Å². The minimum Gasteiger partial charge on any atom is -0.339 e. The Morgan fingerprint density at radius 1 is 1.10 bits per heavy atom. The third kappa shape index (κ3) is 4.08. The molecule has 3 aromatic rings. The molecule has 1 aliphatic heterocycles. The molecule has 1 saturated heterocycles. The first-order chi connectivity index (χ1) is 13.8. The third-order valence-corrected chi connectivity index (χ3v) is 7.51. The molecule has 1 unspecified atom stereocenters. The first-order valence-corrected chi connectivity index (χ1v) is 11.3. The summed E-state index contributed by atoms with van der Waals surface area (Å²) in [5.74, 6) is 0.819. The van der Waals surface area contributed by atoms with Crippen LogP contribution in [0.1, 0.15) is 35.8 Å². The largest absolute Gasteiger partial charge is 0.339 e. The van der Waals surface area contributed by atoms with Crippen molar-refractivity contribution in [1.82, 2.24) is 14.4 Å². The predicted octanol–water partition coefficient (Wildman–Crippen LogP) is 4.58. The monoisotopic (exact) mass is 431 g/mol. The van der Waals surface area contributed by atoms with E-state index >= 15 is 0 Å². The Hall–Kier alpha value is -2.22. The molecule has 4 rings (SSSR count). The molecule has 1 fully saturated rings. The summed E-state index contributed by atoms with van der Waals surface area (Å²) in [4.78, 5) is 4.83. The van der Waals surface area contributed by atoms with Crippen molar-refractivity contribution >= 4 is 21.6 Å². The van der Waals surface area contributed by atoms with Crippen molar-refractivity contribution < 1.29 is 12.9 Å². The van der Waals surface area contributed by atoms with Gasteiger partial charge >= 0.3 is 0 Å². The highest BCUT2D eigenvalue weighted by Crippen LogP contribution is 2.31. The molecule has 152 valence electrons. The van der Waals surface area contributed by atoms with E-state index in [0.717, 1.165) is 29.5 Å². The van der Waals surface area contributed by atoms with E-state index in [1.807, 2.05) is 32.0 Å². The number of aromatic nitrogens is 2. The molecule has 0 N–H and O–H groups in total. The van der Waals surface area contributed by atoms with Crippen LogP contribution in [0.25, 0.3) is 11.4 Å². The molecule has 2 aromatic carbocycles. The maximum absolute atomic E-state index is 13.1. The SMILES string of the molecule is Cc1ccc(S(=O)(=O)N2CCCC(c3nc(-c4ccc(Cl)cc4)no3)C2)cc1C. The fourth-order valence-corrected chi connectivity index (χ4v) is 5.24. The number of rotatable bonds is 4. The van der Waals surface area contributed by atoms with Crippen molar-refractivity contribution in [1.29, 1.82) is 0 Å². The summed E-state index contributed by atoms with van der Waals surface area (Å²) < 4.78 is 33.3. The minimum atomic E-state index is -3.56. The second-order valence-corrected chi connectivity index (χ2v) is 9.79. The predicted molar refractivity (Wildman–Crippen MR) is 111 cm³/mol. The van der Waals surface area contributed by atoms with Crippen LogP contribution in [0, 0.1) is 13.8 Å². The second-order valence-electron chi connectivity index (χ2n) is 7.41. The van der Waals surface area contributed by atoms with Gasteiger partial charge in [-0.15, -0.1) is 0 Å². The van der Waals surface area contributed by atoms with Crippen LogP contribution >= 0.6 is 11.6 Å². The van der Waals surface area contributed by atoms with Crippen molar-refractivity contribution in [3.05, 3.63) is 64.5 Å². The lowest BCUT2D eigenvalue weighted by atomic mass is 10.00. The topological polar surface area (TPSA) is 76.3 Å². The second kappa shape index (κ2) is 7.89. The number of piperidine rings is 1. The Labute approximate surface area is 175 Å². The Morgan fingerprint density at radius 3 is 2.59 bits per heavy atom. The smallest absolute Gasteiger partial charge is 0.243 e. The lowest BCUT2D eigenvalue weighted by Gasteiger charge is -2.30. The number of hydrogen-bond acceptors (Lipinski definition) is 5. The summed E-state index contributed by atoms with van der Waals surface area (Å²) in [6, 6.07) is 12.5. The first-order valence-electron chi connectivity index (χ1n) is 9.51. The van der Waals surface area contributed by atoms with Gasteiger partial charge in [-0.3, -0.25) is 0 Å². The first kappa shape index (κ1) is 20.1. The van der Waals surface area contributed by atoms with Gasteiger partial charge < -0.3 is 4.52 Å². The van der Waals surface area contributed by atoms with Gasteiger partial charge in [0.25, 0.3) is 0 Å². The molecule has 8 heteroatoms. The maximum atomic E-state index is 13.1. The van der Waals surface area contributed by atoms with Crippen molar-refractivity contribution in [2.24, 2.45) is 0 Å². The van der Waals surface area contributed by atoms with Crippen LogP contribution in [-0.4, -0.2) is 36.0 Å². The van der Waals surface area contributed by atoms with Gasteiger partial charge in [-0.1, -0.05) is 22.8 Å². The van der Waals surface area contributed by atoms with E-state index < -0.39 is 10.0 Å². The van der Waals surface area contributed by atoms with Gasteiger partial charge in [-0.2, -0.15) is 9.29 Å². The number of sulfonamides is 1. The quantitative estimate of drug-likeness (QED) is 0.604. The molecule has 1 atom stereocenters. The van der Waals surface area contributed by atoms with E-state index in [9.17, 15) is 8.42 Å². The zero-order valence-electron chi connectivity index (χ0n) is 16.3. The molecule has 2 heterocycles. The Kier molecular flexibility index (Phi) is 5.46. The fourth-order valence-electron chi connectivity index (χ4n) is 3.50. The molecule has 0 aliphatic carbocycles. The Bertz CT molecular complexity index is 1130. The normalized spacial score (nSPS) is 18.1. The van der Waals surface area contributed by atoms with Crippen LogP contribution in [0.3, 0.4) is 0 Å². The fraction of sp³-hybridized carbons (Fsp3) is 0.333. The molecule has 0 spiro atoms. The summed E-state index contributed by atoms with van der Waals surface area (Å²) in [5.41, 5.74) is 2.84. The Morgan fingerprint density at radius 2 is 1.86 bits per heavy atom. The Balaban J connectivity index is 1.55. The minimum absolute atomic E-state index is 0.126. The lowest BCUT2D eigenvalue weighted by molar-refractivity contribution is 0.265. The molecule has 0 bridgehead atoms. The van der Waals surface area contributed by atoms with E-state index in [1.54, 1.807) is 24.3 Å². The van der Waals surface area contributed by atoms with Crippen LogP contribution in [-0.2, 0) is 10.0 Å². The van der Waals surface area contributed by atoms with Crippen LogP contribution in [0.5, 0.6) is 0 Å². The molecular formula is C21H22ClN3O3S. The highest BCUT2D eigenvalue weighted by atomic mass is 35.5. The van der Waals surface area contributed by atoms with E-state index in [0.29, 0.717) is 34.7 Å². The zero-order valence-corrected chi connectivity index (χ0v) is 17.9. The molecule has 29 heavy (non-hydrogen) atoms. The molecule has 6 nitrogen and oxygen atoms in total. The zero-order chi connectivity index (χ0) is 20.6. The van der Waals surface area contributed by atoms with Crippen molar-refractivity contribution in [3.8, 4) is 11.4 Å². The molecule has 0 radical (unpaired) electrons. The van der Waals surface area contributed by atoms with Gasteiger partial charge in [-0.05, 0) is 74.2 Å². The highest BCUT2D eigenvalue weighted by Gasteiger charge is 2.33. The number of hydrogen-bond donors (Lipinski definition) is 0. The van der Waals surface area contributed by atoms with Gasteiger partial charge in [0.2, 0.25) is 21.7 Å². The van der Waals surface area contributed by atoms with Gasteiger partial charge in [0.05, 0.1) is 10.8 Å². The van der Waals surface area contributed by atoms with Gasteiger partial charge in [-0.25, -0.2) is 8.42 Å². The number of benzene rings is 2. The van der Waals surface area contributed by atoms with Crippen molar-refractivity contribution in [2.75, 3.05) is 13.1 Å². The standard InChI is InChI=1S/C21H22ClN3O3S/c1-14-5-10-19(12-15(14)2)29(26,27)25-11-3-4-17(13-25)21-23-20(24-28-21)16-6-8-18(22)9-7-16/h5-10,12,17H,3-4,11,13H2,1-2H3. The van der Waals surface area contributed by atoms with Crippen LogP contribution in [0.15, 0.2) is 51.9 Å². The molecular weight excluding hydrogens is 410 g/mol. The van der Waals surface area contributed by atoms with Crippen molar-refractivity contribution in [2.45, 2.75) is 37.5 Å². The maximum Gasteiger partial charge on any atom is 0.243 e. The average Bonchev–Trinajstić information content (AvgIpc) is 3.21. The van der Waals surface area contributed by atoms with Crippen LogP contribution in [0.2, 0.25) is 5.02 Å². The molecule has 0 amide bonds. The van der Waals surface area contributed by atoms with Gasteiger partial charge in [0, 0.05) is 23.7 Å². The van der Waals surface area contributed by atoms with Gasteiger partial charge in [0.15, 0.2) is 0 Å². The lowest BCUT2D eigenvalue weighted by Crippen LogP contribution is -2.39. The molecule has 1 aliphatic rings. The summed E-state index contributed by atoms with van der Waals surface area (Å²) in [6.45, 7) is 4.71. The van der Waals surface area contributed by atoms with E-state index in [1.165, 1.54) is 4.31 Å². The number of halogens is 1. The van der Waals surface area contributed by atoms with Gasteiger partial charge in [0.1, 0.15) is 0 Å². The highest BCUT2D eigenvalue weighted by molar-refractivity contribution is 7.89. The summed E-state index contributed by atoms with van der Waals surface area (Å²) in [6.07, 6.45) is 1.55. The van der Waals surface area contributed by atoms with Crippen LogP contribution in [0.4, 0.5) is 0 Å². The van der Waals surface area contributed by atoms with Crippen molar-refractivity contribution in [3.63, 3.8) is 0 Å². The number of aryl methyl sites for hydroxylation is 2. The van der Waals surface area contributed by atoms with E-state index in [2.05, 4.69) is 10.1 Å². The molecule has 0 saturated carbocycles. The van der Waals surface area contributed by atoms with E-state index in [4.69, 9.17) is 16.1 Å². The number of nitrogens with zero attached hydrogens (tertiary/aromatic N) is 3. The summed E-state index contributed by atoms with van der Waals surface area (Å²) in [7, 11) is -3.56. The summed E-state index contributed by atoms with van der Waals surface area (Å²) >= 11 is 5.93. The summed E-state index contributed by atoms with van der Waals surface area (Å²) in [5, 5.41) is 4.70. The average molecular weight is 432 g/mol.